The minimum absolute atomic E-state index is 0.261. The van der Waals surface area contributed by atoms with Crippen LogP contribution in [0.25, 0.3) is 45.0 Å². The molecular formula is C48H40N8. The van der Waals surface area contributed by atoms with Crippen LogP contribution in [0.15, 0.2) is 171 Å². The van der Waals surface area contributed by atoms with Crippen LogP contribution >= 0.6 is 0 Å². The highest BCUT2D eigenvalue weighted by Gasteiger charge is 2.33. The van der Waals surface area contributed by atoms with Gasteiger partial charge >= 0.3 is 0 Å². The summed E-state index contributed by atoms with van der Waals surface area (Å²) < 4.78 is 0. The zero-order chi connectivity index (χ0) is 37.5. The van der Waals surface area contributed by atoms with Crippen molar-refractivity contribution in [2.24, 2.45) is 0 Å². The molecule has 0 saturated heterocycles. The number of hydrogen-bond donors (Lipinski definition) is 0. The average molecular weight is 729 g/mol. The van der Waals surface area contributed by atoms with E-state index in [-0.39, 0.29) is 23.7 Å². The van der Waals surface area contributed by atoms with Gasteiger partial charge in [0.2, 0.25) is 0 Å². The fraction of sp³-hybridized carbons (Fsp3) is 0.167. The van der Waals surface area contributed by atoms with Crippen LogP contribution < -0.4 is 0 Å². The second-order valence-corrected chi connectivity index (χ2v) is 14.6. The van der Waals surface area contributed by atoms with E-state index in [0.29, 0.717) is 0 Å². The maximum Gasteiger partial charge on any atom is 0.0703 e. The third-order valence-electron chi connectivity index (χ3n) is 11.2. The summed E-state index contributed by atoms with van der Waals surface area (Å²) in [6, 6.07) is 33.8. The Morgan fingerprint density at radius 1 is 0.268 bits per heavy atom. The summed E-state index contributed by atoms with van der Waals surface area (Å²) in [6.45, 7) is 0. The molecule has 8 heterocycles. The molecule has 9 rings (SSSR count). The molecule has 0 atom stereocenters. The molecule has 56 heavy (non-hydrogen) atoms. The minimum atomic E-state index is 0.261. The molecule has 1 aliphatic carbocycles. The van der Waals surface area contributed by atoms with Gasteiger partial charge in [-0.05, 0) is 144 Å². The zero-order valence-electron chi connectivity index (χ0n) is 30.9. The van der Waals surface area contributed by atoms with Crippen LogP contribution in [0.3, 0.4) is 0 Å². The first kappa shape index (κ1) is 34.9. The maximum atomic E-state index is 4.98. The van der Waals surface area contributed by atoms with Crippen LogP contribution in [0, 0.1) is 0 Å². The molecule has 272 valence electrons. The van der Waals surface area contributed by atoms with Crippen molar-refractivity contribution in [2.75, 3.05) is 0 Å². The lowest BCUT2D eigenvalue weighted by Gasteiger charge is -2.35. The van der Waals surface area contributed by atoms with Gasteiger partial charge in [-0.15, -0.1) is 0 Å². The van der Waals surface area contributed by atoms with Gasteiger partial charge in [-0.1, -0.05) is 24.3 Å². The summed E-state index contributed by atoms with van der Waals surface area (Å²) in [6.07, 6.45) is 26.7. The molecular weight excluding hydrogens is 689 g/mol. The van der Waals surface area contributed by atoms with E-state index >= 15 is 0 Å². The first-order valence-corrected chi connectivity index (χ1v) is 19.2. The Labute approximate surface area is 327 Å². The number of aromatic nitrogens is 8. The van der Waals surface area contributed by atoms with Crippen LogP contribution in [0.4, 0.5) is 0 Å². The summed E-state index contributed by atoms with van der Waals surface area (Å²) in [4.78, 5) is 36.7. The Morgan fingerprint density at radius 2 is 0.482 bits per heavy atom. The van der Waals surface area contributed by atoms with Crippen molar-refractivity contribution in [2.45, 2.75) is 49.4 Å². The van der Waals surface area contributed by atoms with Crippen molar-refractivity contribution in [1.29, 1.82) is 0 Å². The van der Waals surface area contributed by atoms with Gasteiger partial charge < -0.3 is 0 Å². The molecule has 0 bridgehead atoms. The van der Waals surface area contributed by atoms with Crippen LogP contribution in [-0.4, -0.2) is 39.9 Å². The lowest BCUT2D eigenvalue weighted by Crippen LogP contribution is -2.20. The van der Waals surface area contributed by atoms with Gasteiger partial charge in [-0.2, -0.15) is 0 Å². The Morgan fingerprint density at radius 3 is 0.661 bits per heavy atom. The maximum absolute atomic E-state index is 4.98. The lowest BCUT2D eigenvalue weighted by molar-refractivity contribution is 0.350. The monoisotopic (exact) mass is 728 g/mol. The Bertz CT molecular complexity index is 2080. The molecule has 0 spiro atoms. The van der Waals surface area contributed by atoms with Crippen molar-refractivity contribution in [1.82, 2.24) is 39.9 Å². The predicted octanol–water partition coefficient (Wildman–Crippen LogP) is 10.5. The van der Waals surface area contributed by atoms with Gasteiger partial charge in [-0.3, -0.25) is 39.9 Å². The van der Waals surface area contributed by atoms with Crippen molar-refractivity contribution >= 4 is 0 Å². The molecule has 8 aromatic rings. The second-order valence-electron chi connectivity index (χ2n) is 14.6. The molecule has 0 unspecified atom stereocenters. The first-order chi connectivity index (χ1) is 27.7. The molecule has 0 aromatic carbocycles. The Balaban J connectivity index is 1.09. The number of nitrogens with zero attached hydrogens (tertiary/aromatic N) is 8. The minimum Gasteiger partial charge on any atom is -0.265 e. The van der Waals surface area contributed by atoms with Crippen molar-refractivity contribution in [3.63, 3.8) is 0 Å². The molecule has 1 fully saturated rings. The molecule has 0 amide bonds. The van der Waals surface area contributed by atoms with Crippen molar-refractivity contribution < 1.29 is 0 Å². The van der Waals surface area contributed by atoms with Crippen molar-refractivity contribution in [3.8, 4) is 45.0 Å². The average Bonchev–Trinajstić information content (AvgIpc) is 3.28. The zero-order valence-corrected chi connectivity index (χ0v) is 30.9. The summed E-state index contributed by atoms with van der Waals surface area (Å²) in [5, 5.41) is 0. The third-order valence-corrected chi connectivity index (χ3v) is 11.2. The van der Waals surface area contributed by atoms with Gasteiger partial charge in [0.15, 0.2) is 0 Å². The SMILES string of the molecule is c1cc(-c2ccc(C3CC(c4ccc(-c5ccncc5)nc4)CC(c4ccc(-c5ccncc5)nc4)CC(c4ccc(-c5ccncc5)nc4)C3)cn2)ccn1. The highest BCUT2D eigenvalue weighted by atomic mass is 14.7. The van der Waals surface area contributed by atoms with Gasteiger partial charge in [-0.25, -0.2) is 0 Å². The highest BCUT2D eigenvalue weighted by Crippen LogP contribution is 2.48. The highest BCUT2D eigenvalue weighted by molar-refractivity contribution is 5.61. The molecule has 8 aromatic heterocycles. The molecule has 0 aliphatic heterocycles. The number of hydrogen-bond acceptors (Lipinski definition) is 8. The topological polar surface area (TPSA) is 103 Å². The Kier molecular flexibility index (Phi) is 10.2. The Hall–Kier alpha value is -6.80. The predicted molar refractivity (Wildman–Crippen MR) is 219 cm³/mol. The smallest absolute Gasteiger partial charge is 0.0703 e. The van der Waals surface area contributed by atoms with E-state index in [2.05, 4.69) is 93.3 Å². The van der Waals surface area contributed by atoms with Crippen LogP contribution in [0.1, 0.15) is 71.6 Å². The van der Waals surface area contributed by atoms with Gasteiger partial charge in [0.25, 0.3) is 0 Å². The normalized spacial score (nSPS) is 18.4. The number of rotatable bonds is 8. The van der Waals surface area contributed by atoms with E-state index < -0.39 is 0 Å². The van der Waals surface area contributed by atoms with Gasteiger partial charge in [0.05, 0.1) is 22.8 Å². The summed E-state index contributed by atoms with van der Waals surface area (Å²) in [5.41, 5.74) is 13.1. The van der Waals surface area contributed by atoms with Crippen LogP contribution in [0.5, 0.6) is 0 Å². The van der Waals surface area contributed by atoms with Crippen LogP contribution in [-0.2, 0) is 0 Å². The summed E-state index contributed by atoms with van der Waals surface area (Å²) in [5.74, 6) is 1.04. The largest absolute Gasteiger partial charge is 0.265 e. The lowest BCUT2D eigenvalue weighted by atomic mass is 9.69. The van der Waals surface area contributed by atoms with Crippen LogP contribution in [0.2, 0.25) is 0 Å². The third kappa shape index (κ3) is 7.86. The van der Waals surface area contributed by atoms with E-state index in [4.69, 9.17) is 19.9 Å². The second kappa shape index (κ2) is 16.3. The van der Waals surface area contributed by atoms with E-state index in [0.717, 1.165) is 70.7 Å². The molecule has 8 heteroatoms. The van der Waals surface area contributed by atoms with Gasteiger partial charge in [0, 0.05) is 96.6 Å². The van der Waals surface area contributed by atoms with E-state index in [1.165, 1.54) is 22.3 Å². The summed E-state index contributed by atoms with van der Waals surface area (Å²) in [7, 11) is 0. The molecule has 1 aliphatic rings. The van der Waals surface area contributed by atoms with E-state index in [1.807, 2.05) is 98.1 Å². The standard InChI is InChI=1S/C48H40N8/c1-5-45(33-9-17-49-18-10-33)53-29-37(1)41-25-42(38-2-6-46(54-30-38)34-11-19-50-20-12-34)27-44(40-4-8-48(56-32-40)36-15-23-52-24-16-36)28-43(26-41)39-3-7-47(55-31-39)35-13-21-51-22-14-35/h1-24,29-32,41-44H,25-28H2. The molecule has 8 nitrogen and oxygen atoms in total. The van der Waals surface area contributed by atoms with E-state index in [9.17, 15) is 0 Å². The number of pyridine rings is 8. The molecule has 0 N–H and O–H groups in total. The van der Waals surface area contributed by atoms with Crippen molar-refractivity contribution in [3.05, 3.63) is 194 Å². The summed E-state index contributed by atoms with van der Waals surface area (Å²) >= 11 is 0. The first-order valence-electron chi connectivity index (χ1n) is 19.2. The fourth-order valence-electron chi connectivity index (χ4n) is 8.21. The molecule has 0 radical (unpaired) electrons. The van der Waals surface area contributed by atoms with E-state index in [1.54, 1.807) is 0 Å². The molecule has 1 saturated carbocycles. The fourth-order valence-corrected chi connectivity index (χ4v) is 8.21. The quantitative estimate of drug-likeness (QED) is 0.152. The van der Waals surface area contributed by atoms with Gasteiger partial charge in [0.1, 0.15) is 0 Å².